The van der Waals surface area contributed by atoms with Gasteiger partial charge >= 0.3 is 0 Å². The molecule has 3 heteroatoms. The summed E-state index contributed by atoms with van der Waals surface area (Å²) in [6, 6.07) is 10.3. The van der Waals surface area contributed by atoms with E-state index in [0.29, 0.717) is 5.92 Å². The molecule has 3 atom stereocenters. The zero-order valence-electron chi connectivity index (χ0n) is 12.2. The van der Waals surface area contributed by atoms with E-state index in [2.05, 4.69) is 12.1 Å². The maximum atomic E-state index is 11.0. The van der Waals surface area contributed by atoms with Crippen LogP contribution in [0.15, 0.2) is 30.3 Å². The molecule has 3 unspecified atom stereocenters. The van der Waals surface area contributed by atoms with Crippen LogP contribution in [0.2, 0.25) is 0 Å². The summed E-state index contributed by atoms with van der Waals surface area (Å²) in [7, 11) is 0. The summed E-state index contributed by atoms with van der Waals surface area (Å²) >= 11 is 1.99. The van der Waals surface area contributed by atoms with Crippen LogP contribution in [0, 0.1) is 5.92 Å². The zero-order valence-corrected chi connectivity index (χ0v) is 13.0. The third kappa shape index (κ3) is 3.05. The lowest BCUT2D eigenvalue weighted by atomic mass is 9.74. The van der Waals surface area contributed by atoms with Gasteiger partial charge in [-0.1, -0.05) is 30.3 Å². The second-order valence-corrected chi connectivity index (χ2v) is 7.65. The molecule has 0 radical (unpaired) electrons. The third-order valence-electron chi connectivity index (χ3n) is 4.84. The summed E-state index contributed by atoms with van der Waals surface area (Å²) in [5.74, 6) is 2.65. The largest absolute Gasteiger partial charge is 0.390 e. The smallest absolute Gasteiger partial charge is 0.0784 e. The molecular formula is C17H24O2S. The highest BCUT2D eigenvalue weighted by molar-refractivity contribution is 7.99. The minimum Gasteiger partial charge on any atom is -0.390 e. The maximum absolute atomic E-state index is 11.0. The van der Waals surface area contributed by atoms with Gasteiger partial charge in [-0.3, -0.25) is 0 Å². The average molecular weight is 292 g/mol. The van der Waals surface area contributed by atoms with Crippen molar-refractivity contribution < 1.29 is 9.84 Å². The molecule has 1 spiro atoms. The van der Waals surface area contributed by atoms with Crippen LogP contribution in [0.1, 0.15) is 31.7 Å². The molecule has 2 fully saturated rings. The van der Waals surface area contributed by atoms with Crippen molar-refractivity contribution in [2.45, 2.75) is 43.8 Å². The summed E-state index contributed by atoms with van der Waals surface area (Å²) in [6.45, 7) is 2.81. The fourth-order valence-corrected chi connectivity index (χ4v) is 4.95. The van der Waals surface area contributed by atoms with Gasteiger partial charge in [-0.25, -0.2) is 0 Å². The summed E-state index contributed by atoms with van der Waals surface area (Å²) < 4.78 is 6.07. The fraction of sp³-hybridized carbons (Fsp3) is 0.647. The van der Waals surface area contributed by atoms with Gasteiger partial charge in [0, 0.05) is 18.8 Å². The Kier molecular flexibility index (Phi) is 4.11. The van der Waals surface area contributed by atoms with Crippen LogP contribution in [0.25, 0.3) is 0 Å². The van der Waals surface area contributed by atoms with Crippen LogP contribution >= 0.6 is 11.8 Å². The minimum absolute atomic E-state index is 0.0499. The third-order valence-corrected chi connectivity index (χ3v) is 6.07. The Labute approximate surface area is 125 Å². The van der Waals surface area contributed by atoms with Gasteiger partial charge in [0.1, 0.15) is 0 Å². The number of aliphatic hydroxyl groups is 1. The Balaban J connectivity index is 1.70. The number of rotatable bonds is 3. The molecule has 2 aliphatic rings. The van der Waals surface area contributed by atoms with Gasteiger partial charge in [0.2, 0.25) is 0 Å². The number of thioether (sulfide) groups is 1. The van der Waals surface area contributed by atoms with Crippen LogP contribution < -0.4 is 0 Å². The molecule has 3 rings (SSSR count). The minimum atomic E-state index is -0.634. The molecule has 1 N–H and O–H groups in total. The first-order valence-corrected chi connectivity index (χ1v) is 8.73. The molecule has 0 bridgehead atoms. The van der Waals surface area contributed by atoms with Crippen LogP contribution in [-0.4, -0.2) is 34.4 Å². The molecule has 1 aromatic rings. The molecular weight excluding hydrogens is 268 g/mol. The van der Waals surface area contributed by atoms with E-state index in [1.54, 1.807) is 0 Å². The first-order valence-electron chi connectivity index (χ1n) is 7.58. The molecule has 2 nitrogen and oxygen atoms in total. The van der Waals surface area contributed by atoms with E-state index < -0.39 is 5.60 Å². The number of hydrogen-bond donors (Lipinski definition) is 1. The van der Waals surface area contributed by atoms with Crippen molar-refractivity contribution in [3.63, 3.8) is 0 Å². The van der Waals surface area contributed by atoms with Crippen LogP contribution in [0.4, 0.5) is 0 Å². The molecule has 0 aliphatic carbocycles. The van der Waals surface area contributed by atoms with Crippen LogP contribution in [0.3, 0.4) is 0 Å². The highest BCUT2D eigenvalue weighted by Crippen LogP contribution is 2.44. The lowest BCUT2D eigenvalue weighted by molar-refractivity contribution is -0.126. The van der Waals surface area contributed by atoms with Crippen molar-refractivity contribution in [1.82, 2.24) is 0 Å². The Morgan fingerprint density at radius 1 is 1.40 bits per heavy atom. The Morgan fingerprint density at radius 3 is 2.90 bits per heavy atom. The maximum Gasteiger partial charge on any atom is 0.0784 e. The van der Waals surface area contributed by atoms with Crippen LogP contribution in [0.5, 0.6) is 0 Å². The molecule has 110 valence electrons. The first-order chi connectivity index (χ1) is 9.60. The van der Waals surface area contributed by atoms with Gasteiger partial charge in [0.25, 0.3) is 0 Å². The van der Waals surface area contributed by atoms with E-state index in [1.807, 2.05) is 36.9 Å². The molecule has 2 aliphatic heterocycles. The predicted molar refractivity (Wildman–Crippen MR) is 84.1 cm³/mol. The Hall–Kier alpha value is -0.510. The molecule has 2 heterocycles. The quantitative estimate of drug-likeness (QED) is 0.927. The number of ether oxygens (including phenoxy) is 1. The van der Waals surface area contributed by atoms with E-state index in [-0.39, 0.29) is 5.60 Å². The molecule has 0 amide bonds. The summed E-state index contributed by atoms with van der Waals surface area (Å²) in [6.07, 6.45) is 3.88. The highest BCUT2D eigenvalue weighted by Gasteiger charge is 2.45. The molecule has 2 saturated heterocycles. The molecule has 0 saturated carbocycles. The van der Waals surface area contributed by atoms with Gasteiger partial charge in [0.05, 0.1) is 11.2 Å². The van der Waals surface area contributed by atoms with Crippen LogP contribution in [-0.2, 0) is 11.2 Å². The van der Waals surface area contributed by atoms with Crippen molar-refractivity contribution in [1.29, 1.82) is 0 Å². The second-order valence-electron chi connectivity index (χ2n) is 6.54. The zero-order chi connectivity index (χ0) is 14.1. The van der Waals surface area contributed by atoms with Gasteiger partial charge in [0.15, 0.2) is 0 Å². The van der Waals surface area contributed by atoms with E-state index in [0.717, 1.165) is 38.0 Å². The summed E-state index contributed by atoms with van der Waals surface area (Å²) in [5.41, 5.74) is 0.637. The fourth-order valence-electron chi connectivity index (χ4n) is 3.58. The highest BCUT2D eigenvalue weighted by atomic mass is 32.2. The standard InChI is InChI=1S/C17H24O2S/c1-16(18,11-14-5-3-2-4-6-14)15-7-9-19-17(12-15)8-10-20-13-17/h2-6,15,18H,7-13H2,1H3. The predicted octanol–water partition coefficient (Wildman–Crippen LogP) is 3.28. The number of hydrogen-bond acceptors (Lipinski definition) is 3. The van der Waals surface area contributed by atoms with Crippen molar-refractivity contribution in [3.05, 3.63) is 35.9 Å². The van der Waals surface area contributed by atoms with E-state index in [9.17, 15) is 5.11 Å². The van der Waals surface area contributed by atoms with E-state index in [4.69, 9.17) is 4.74 Å². The van der Waals surface area contributed by atoms with Crippen molar-refractivity contribution in [2.24, 2.45) is 5.92 Å². The van der Waals surface area contributed by atoms with Gasteiger partial charge < -0.3 is 9.84 Å². The van der Waals surface area contributed by atoms with Crippen molar-refractivity contribution >= 4 is 11.8 Å². The van der Waals surface area contributed by atoms with Gasteiger partial charge in [-0.15, -0.1) is 0 Å². The lowest BCUT2D eigenvalue weighted by Gasteiger charge is -2.43. The normalized spacial score (nSPS) is 33.2. The molecule has 0 aromatic heterocycles. The van der Waals surface area contributed by atoms with Crippen molar-refractivity contribution in [3.8, 4) is 0 Å². The molecule has 1 aromatic carbocycles. The lowest BCUT2D eigenvalue weighted by Crippen LogP contribution is -2.48. The Morgan fingerprint density at radius 2 is 2.20 bits per heavy atom. The monoisotopic (exact) mass is 292 g/mol. The Bertz CT molecular complexity index is 438. The average Bonchev–Trinajstić information content (AvgIpc) is 2.87. The van der Waals surface area contributed by atoms with Crippen molar-refractivity contribution in [2.75, 3.05) is 18.1 Å². The summed E-state index contributed by atoms with van der Waals surface area (Å²) in [4.78, 5) is 0. The SMILES string of the molecule is CC(O)(Cc1ccccc1)C1CCOC2(CCSC2)C1. The van der Waals surface area contributed by atoms with Gasteiger partial charge in [-0.05, 0) is 43.4 Å². The summed E-state index contributed by atoms with van der Waals surface area (Å²) in [5, 5.41) is 11.0. The van der Waals surface area contributed by atoms with E-state index >= 15 is 0 Å². The van der Waals surface area contributed by atoms with E-state index in [1.165, 1.54) is 11.3 Å². The van der Waals surface area contributed by atoms with Gasteiger partial charge in [-0.2, -0.15) is 11.8 Å². The molecule has 20 heavy (non-hydrogen) atoms. The topological polar surface area (TPSA) is 29.5 Å². The first kappa shape index (κ1) is 14.4. The number of benzene rings is 1. The second kappa shape index (κ2) is 5.70.